The van der Waals surface area contributed by atoms with E-state index in [2.05, 4.69) is 21.0 Å². The summed E-state index contributed by atoms with van der Waals surface area (Å²) in [6.07, 6.45) is 22.3. The number of aliphatic hydroxyl groups excluding tert-OH is 2. The van der Waals surface area contributed by atoms with Gasteiger partial charge in [-0.2, -0.15) is 0 Å². The van der Waals surface area contributed by atoms with Crippen LogP contribution < -0.4 is 0 Å². The minimum absolute atomic E-state index is 0.0712. The maximum atomic E-state index is 10.3. The van der Waals surface area contributed by atoms with Gasteiger partial charge in [-0.05, 0) is 12.8 Å². The van der Waals surface area contributed by atoms with E-state index in [4.69, 9.17) is 23.7 Å². The number of nitrogens with zero attached hydrogens (tertiary/aromatic N) is 1. The van der Waals surface area contributed by atoms with Crippen LogP contribution in [0.5, 0.6) is 0 Å². The first kappa shape index (κ1) is 41.9. The molecule has 10 heteroatoms. The Hall–Kier alpha value is -0.143. The smallest absolute Gasteiger partial charge is 0.394 e. The summed E-state index contributed by atoms with van der Waals surface area (Å²) >= 11 is 0. The van der Waals surface area contributed by atoms with E-state index >= 15 is 0 Å². The highest BCUT2D eigenvalue weighted by Gasteiger charge is 2.32. The van der Waals surface area contributed by atoms with Crippen molar-refractivity contribution in [3.63, 3.8) is 0 Å². The molecule has 0 amide bonds. The highest BCUT2D eigenvalue weighted by Crippen LogP contribution is 2.15. The second-order valence-corrected chi connectivity index (χ2v) is 14.7. The van der Waals surface area contributed by atoms with Crippen molar-refractivity contribution in [2.75, 3.05) is 80.0 Å². The van der Waals surface area contributed by atoms with Crippen LogP contribution in [0, 0.1) is 0 Å². The van der Waals surface area contributed by atoms with Crippen LogP contribution >= 0.6 is 0 Å². The second-order valence-electron chi connectivity index (χ2n) is 12.5. The van der Waals surface area contributed by atoms with Gasteiger partial charge in [0.2, 0.25) is 0 Å². The van der Waals surface area contributed by atoms with Crippen molar-refractivity contribution in [2.45, 2.75) is 128 Å². The quantitative estimate of drug-likeness (QED) is 0.0446. The Labute approximate surface area is 259 Å². The van der Waals surface area contributed by atoms with Crippen molar-refractivity contribution in [3.05, 3.63) is 0 Å². The summed E-state index contributed by atoms with van der Waals surface area (Å²) in [7, 11) is 0.763. The molecule has 0 aliphatic rings. The third-order valence-corrected chi connectivity index (χ3v) is 9.44. The van der Waals surface area contributed by atoms with Crippen LogP contribution in [0.2, 0.25) is 6.04 Å². The summed E-state index contributed by atoms with van der Waals surface area (Å²) in [6, 6.07) is 0.294. The summed E-state index contributed by atoms with van der Waals surface area (Å²) in [6.45, 7) is 5.41. The van der Waals surface area contributed by atoms with E-state index in [0.717, 1.165) is 24.0 Å². The fraction of sp³-hybridized carbons (Fsp3) is 1.00. The lowest BCUT2D eigenvalue weighted by Crippen LogP contribution is -2.44. The van der Waals surface area contributed by atoms with E-state index in [9.17, 15) is 14.7 Å². The first-order valence-corrected chi connectivity index (χ1v) is 19.2. The lowest BCUT2D eigenvalue weighted by molar-refractivity contribution is -0.890. The SMILES string of the molecule is CCCCCCCCCCCCCCCCCC[N+](C)(C)CCC[Si](O)(O)OCCOCCOC(CO)COCCO. The van der Waals surface area contributed by atoms with Gasteiger partial charge >= 0.3 is 8.80 Å². The summed E-state index contributed by atoms with van der Waals surface area (Å²) in [4.78, 5) is 20.5. The number of hydrogen-bond acceptors (Lipinski definition) is 8. The Kier molecular flexibility index (Phi) is 29.5. The summed E-state index contributed by atoms with van der Waals surface area (Å²) in [5.41, 5.74) is 0. The molecule has 0 fully saturated rings. The van der Waals surface area contributed by atoms with Gasteiger partial charge in [-0.25, -0.2) is 0 Å². The normalized spacial score (nSPS) is 13.2. The van der Waals surface area contributed by atoms with Crippen LogP contribution in [0.4, 0.5) is 0 Å². The zero-order valence-electron chi connectivity index (χ0n) is 27.7. The lowest BCUT2D eigenvalue weighted by Gasteiger charge is -2.30. The molecule has 0 aromatic rings. The fourth-order valence-electron chi connectivity index (χ4n) is 5.08. The van der Waals surface area contributed by atoms with E-state index in [0.29, 0.717) is 12.7 Å². The van der Waals surface area contributed by atoms with Crippen molar-refractivity contribution >= 4 is 8.80 Å². The van der Waals surface area contributed by atoms with Crippen molar-refractivity contribution in [1.29, 1.82) is 0 Å². The molecule has 0 rings (SSSR count). The van der Waals surface area contributed by atoms with Gasteiger partial charge in [-0.15, -0.1) is 0 Å². The number of unbranched alkanes of at least 4 members (excludes halogenated alkanes) is 15. The maximum Gasteiger partial charge on any atom is 0.495 e. The van der Waals surface area contributed by atoms with Gasteiger partial charge in [0, 0.05) is 12.5 Å². The molecule has 254 valence electrons. The van der Waals surface area contributed by atoms with Gasteiger partial charge < -0.3 is 42.9 Å². The highest BCUT2D eigenvalue weighted by atomic mass is 28.4. The van der Waals surface area contributed by atoms with Crippen molar-refractivity contribution in [1.82, 2.24) is 0 Å². The monoisotopic (exact) mass is 624 g/mol. The first-order chi connectivity index (χ1) is 20.3. The van der Waals surface area contributed by atoms with Gasteiger partial charge in [-0.1, -0.05) is 96.8 Å². The van der Waals surface area contributed by atoms with Gasteiger partial charge in [0.15, 0.2) is 0 Å². The molecule has 0 heterocycles. The highest BCUT2D eigenvalue weighted by molar-refractivity contribution is 6.57. The Bertz CT molecular complexity index is 557. The molecular weight excluding hydrogens is 554 g/mol. The van der Waals surface area contributed by atoms with E-state index in [1.165, 1.54) is 103 Å². The topological polar surface area (TPSA) is 118 Å². The number of aliphatic hydroxyl groups is 2. The van der Waals surface area contributed by atoms with Crippen molar-refractivity contribution in [3.8, 4) is 0 Å². The molecule has 0 aliphatic carbocycles. The molecular formula is C32H70NO8Si+. The molecule has 0 aromatic heterocycles. The molecule has 4 N–H and O–H groups in total. The largest absolute Gasteiger partial charge is 0.495 e. The molecule has 1 unspecified atom stereocenters. The van der Waals surface area contributed by atoms with Gasteiger partial charge in [0.1, 0.15) is 6.10 Å². The Balaban J connectivity index is 3.61. The zero-order valence-corrected chi connectivity index (χ0v) is 28.7. The molecule has 0 saturated heterocycles. The van der Waals surface area contributed by atoms with Gasteiger partial charge in [0.05, 0.1) is 80.0 Å². The van der Waals surface area contributed by atoms with E-state index in [1.54, 1.807) is 0 Å². The fourth-order valence-corrected chi connectivity index (χ4v) is 6.26. The predicted octanol–water partition coefficient (Wildman–Crippen LogP) is 5.06. The molecule has 0 spiro atoms. The van der Waals surface area contributed by atoms with E-state index in [-0.39, 0.29) is 46.2 Å². The van der Waals surface area contributed by atoms with E-state index < -0.39 is 14.9 Å². The number of rotatable bonds is 34. The van der Waals surface area contributed by atoms with Crippen molar-refractivity contribution in [2.24, 2.45) is 0 Å². The van der Waals surface area contributed by atoms with Crippen LogP contribution in [0.3, 0.4) is 0 Å². The summed E-state index contributed by atoms with van der Waals surface area (Å²) in [5, 5.41) is 17.9. The number of hydrogen-bond donors (Lipinski definition) is 4. The molecule has 0 radical (unpaired) electrons. The average molecular weight is 625 g/mol. The molecule has 1 atom stereocenters. The molecule has 0 bridgehead atoms. The van der Waals surface area contributed by atoms with Crippen LogP contribution in [0.1, 0.15) is 116 Å². The number of ether oxygens (including phenoxy) is 3. The maximum absolute atomic E-state index is 10.3. The third kappa shape index (κ3) is 29.9. The molecule has 0 saturated carbocycles. The molecule has 42 heavy (non-hydrogen) atoms. The van der Waals surface area contributed by atoms with Crippen LogP contribution in [0.15, 0.2) is 0 Å². The Morgan fingerprint density at radius 1 is 0.595 bits per heavy atom. The minimum Gasteiger partial charge on any atom is -0.394 e. The van der Waals surface area contributed by atoms with Gasteiger partial charge in [-0.3, -0.25) is 0 Å². The van der Waals surface area contributed by atoms with Crippen LogP contribution in [-0.2, 0) is 18.6 Å². The Morgan fingerprint density at radius 3 is 1.62 bits per heavy atom. The minimum atomic E-state index is -3.68. The van der Waals surface area contributed by atoms with Crippen molar-refractivity contribution < 1.29 is 42.9 Å². The standard InChI is InChI=1S/C32H70NO8Si/c1-4-5-6-7-8-9-10-11-12-13-14-15-16-17-18-19-21-33(2,3)22-20-29-42(36,37)41-28-26-38-25-27-40-32(30-35)31-39-24-23-34/h32,34-37H,4-31H2,1-3H3/q+1. The summed E-state index contributed by atoms with van der Waals surface area (Å²) < 4.78 is 22.2. The lowest BCUT2D eigenvalue weighted by atomic mass is 10.0. The van der Waals surface area contributed by atoms with E-state index in [1.807, 2.05) is 0 Å². The second kappa shape index (κ2) is 29.6. The third-order valence-electron chi connectivity index (χ3n) is 7.77. The first-order valence-electron chi connectivity index (χ1n) is 17.2. The van der Waals surface area contributed by atoms with Gasteiger partial charge in [0.25, 0.3) is 0 Å². The molecule has 9 nitrogen and oxygen atoms in total. The zero-order chi connectivity index (χ0) is 31.2. The molecule has 0 aromatic carbocycles. The predicted molar refractivity (Wildman–Crippen MR) is 173 cm³/mol. The van der Waals surface area contributed by atoms with Crippen LogP contribution in [-0.4, -0.2) is 119 Å². The Morgan fingerprint density at radius 2 is 1.10 bits per heavy atom. The van der Waals surface area contributed by atoms with Crippen LogP contribution in [0.25, 0.3) is 0 Å². The summed E-state index contributed by atoms with van der Waals surface area (Å²) in [5.74, 6) is 0. The average Bonchev–Trinajstić information content (AvgIpc) is 2.95. The number of quaternary nitrogens is 1. The molecule has 0 aliphatic heterocycles.